The molecular weight excluding hydrogens is 376 g/mol. The summed E-state index contributed by atoms with van der Waals surface area (Å²) in [4.78, 5) is 4.30. The van der Waals surface area contributed by atoms with Crippen molar-refractivity contribution in [3.63, 3.8) is 0 Å². The molecule has 1 aromatic heterocycles. The number of methoxy groups -OCH3 is 1. The van der Waals surface area contributed by atoms with Crippen LogP contribution in [0, 0.1) is 22.7 Å². The molecule has 0 amide bonds. The minimum absolute atomic E-state index is 0.119. The summed E-state index contributed by atoms with van der Waals surface area (Å²) in [6.07, 6.45) is 1.17. The van der Waals surface area contributed by atoms with Crippen molar-refractivity contribution in [1.82, 2.24) is 4.98 Å². The van der Waals surface area contributed by atoms with E-state index in [2.05, 4.69) is 17.1 Å². The van der Waals surface area contributed by atoms with Crippen molar-refractivity contribution in [2.24, 2.45) is 0 Å². The SMILES string of the molecule is COCCOc1ccc(-c2c(C#N)c(N)nc(SCC3CCO3)c2C#N)cc1. The average molecular weight is 396 g/mol. The number of pyridine rings is 1. The third kappa shape index (κ3) is 4.37. The highest BCUT2D eigenvalue weighted by atomic mass is 32.2. The predicted octanol–water partition coefficient (Wildman–Crippen LogP) is 2.98. The molecule has 0 radical (unpaired) electrons. The molecule has 7 nitrogen and oxygen atoms in total. The van der Waals surface area contributed by atoms with E-state index in [1.54, 1.807) is 19.2 Å². The Hall–Kier alpha value is -2.78. The maximum atomic E-state index is 9.78. The van der Waals surface area contributed by atoms with Crippen LogP contribution in [0.3, 0.4) is 0 Å². The number of hydrogen-bond donors (Lipinski definition) is 1. The van der Waals surface area contributed by atoms with Crippen molar-refractivity contribution >= 4 is 17.6 Å². The molecule has 2 aromatic rings. The van der Waals surface area contributed by atoms with Gasteiger partial charge >= 0.3 is 0 Å². The molecule has 28 heavy (non-hydrogen) atoms. The minimum atomic E-state index is 0.119. The lowest BCUT2D eigenvalue weighted by Crippen LogP contribution is -2.28. The van der Waals surface area contributed by atoms with E-state index < -0.39 is 0 Å². The Balaban J connectivity index is 1.94. The van der Waals surface area contributed by atoms with Crippen molar-refractivity contribution in [1.29, 1.82) is 10.5 Å². The van der Waals surface area contributed by atoms with E-state index >= 15 is 0 Å². The van der Waals surface area contributed by atoms with Gasteiger partial charge in [-0.05, 0) is 24.1 Å². The van der Waals surface area contributed by atoms with Crippen LogP contribution in [0.4, 0.5) is 5.82 Å². The van der Waals surface area contributed by atoms with Gasteiger partial charge in [0.2, 0.25) is 0 Å². The van der Waals surface area contributed by atoms with Crippen LogP contribution in [-0.2, 0) is 9.47 Å². The highest BCUT2D eigenvalue weighted by Gasteiger charge is 2.23. The summed E-state index contributed by atoms with van der Waals surface area (Å²) in [5.74, 6) is 1.49. The van der Waals surface area contributed by atoms with Gasteiger partial charge in [0, 0.05) is 25.0 Å². The third-order valence-electron chi connectivity index (χ3n) is 4.31. The number of thioether (sulfide) groups is 1. The van der Waals surface area contributed by atoms with Gasteiger partial charge in [0.25, 0.3) is 0 Å². The summed E-state index contributed by atoms with van der Waals surface area (Å²) in [5.41, 5.74) is 7.79. The number of nitrogen functional groups attached to an aromatic ring is 1. The second-order valence-corrected chi connectivity index (χ2v) is 7.12. The van der Waals surface area contributed by atoms with Crippen LogP contribution in [0.1, 0.15) is 17.5 Å². The first-order valence-electron chi connectivity index (χ1n) is 8.78. The van der Waals surface area contributed by atoms with Gasteiger partial charge in [-0.3, -0.25) is 0 Å². The maximum Gasteiger partial charge on any atom is 0.143 e. The average Bonchev–Trinajstić information content (AvgIpc) is 2.67. The molecule has 1 aliphatic heterocycles. The summed E-state index contributed by atoms with van der Waals surface area (Å²) in [7, 11) is 1.61. The molecule has 1 unspecified atom stereocenters. The van der Waals surface area contributed by atoms with Crippen LogP contribution >= 0.6 is 11.8 Å². The largest absolute Gasteiger partial charge is 0.491 e. The van der Waals surface area contributed by atoms with Gasteiger partial charge in [0.1, 0.15) is 40.9 Å². The van der Waals surface area contributed by atoms with Gasteiger partial charge in [0.15, 0.2) is 0 Å². The van der Waals surface area contributed by atoms with Gasteiger partial charge in [0.05, 0.1) is 18.3 Å². The van der Waals surface area contributed by atoms with E-state index in [1.165, 1.54) is 11.8 Å². The monoisotopic (exact) mass is 396 g/mol. The van der Waals surface area contributed by atoms with Crippen LogP contribution in [0.5, 0.6) is 5.75 Å². The molecule has 2 heterocycles. The normalized spacial score (nSPS) is 15.3. The van der Waals surface area contributed by atoms with Crippen LogP contribution in [0.25, 0.3) is 11.1 Å². The Kier molecular flexibility index (Phi) is 6.72. The van der Waals surface area contributed by atoms with E-state index in [9.17, 15) is 10.5 Å². The summed E-state index contributed by atoms with van der Waals surface area (Å²) in [6, 6.07) is 11.5. The molecule has 0 aliphatic carbocycles. The van der Waals surface area contributed by atoms with E-state index in [0.717, 1.165) is 13.0 Å². The van der Waals surface area contributed by atoms with Gasteiger partial charge in [-0.25, -0.2) is 4.98 Å². The maximum absolute atomic E-state index is 9.78. The summed E-state index contributed by atoms with van der Waals surface area (Å²) < 4.78 is 16.0. The molecule has 3 rings (SSSR count). The minimum Gasteiger partial charge on any atom is -0.491 e. The van der Waals surface area contributed by atoms with Gasteiger partial charge in [-0.2, -0.15) is 10.5 Å². The second kappa shape index (κ2) is 9.43. The van der Waals surface area contributed by atoms with E-state index in [4.69, 9.17) is 19.9 Å². The molecule has 0 bridgehead atoms. The van der Waals surface area contributed by atoms with Gasteiger partial charge < -0.3 is 19.9 Å². The first-order valence-corrected chi connectivity index (χ1v) is 9.76. The van der Waals surface area contributed by atoms with Crippen molar-refractivity contribution in [2.75, 3.05) is 38.4 Å². The first-order chi connectivity index (χ1) is 13.7. The summed E-state index contributed by atoms with van der Waals surface area (Å²) >= 11 is 1.43. The number of anilines is 1. The zero-order valence-corrected chi connectivity index (χ0v) is 16.3. The Morgan fingerprint density at radius 3 is 2.50 bits per heavy atom. The smallest absolute Gasteiger partial charge is 0.143 e. The standard InChI is InChI=1S/C20H20N4O3S/c1-25-8-9-27-14-4-2-13(3-5-14)18-16(10-21)19(23)24-20(17(18)11-22)28-12-15-6-7-26-15/h2-5,15H,6-9,12H2,1H3,(H2,23,24). The van der Waals surface area contributed by atoms with E-state index in [0.29, 0.717) is 46.4 Å². The number of nitrogens with two attached hydrogens (primary N) is 1. The van der Waals surface area contributed by atoms with Crippen molar-refractivity contribution < 1.29 is 14.2 Å². The lowest BCUT2D eigenvalue weighted by molar-refractivity contribution is -0.0343. The molecule has 1 fully saturated rings. The molecular formula is C20H20N4O3S. The number of aromatic nitrogens is 1. The number of rotatable bonds is 8. The summed E-state index contributed by atoms with van der Waals surface area (Å²) in [5, 5.41) is 19.9. The number of nitrogens with zero attached hydrogens (tertiary/aromatic N) is 3. The Bertz CT molecular complexity index is 915. The molecule has 1 aromatic carbocycles. The number of benzene rings is 1. The zero-order chi connectivity index (χ0) is 19.9. The van der Waals surface area contributed by atoms with E-state index in [1.807, 2.05) is 12.1 Å². The molecule has 2 N–H and O–H groups in total. The topological polar surface area (TPSA) is 114 Å². The lowest BCUT2D eigenvalue weighted by Gasteiger charge is -2.26. The fraction of sp³-hybridized carbons (Fsp3) is 0.350. The van der Waals surface area contributed by atoms with Gasteiger partial charge in [-0.1, -0.05) is 12.1 Å². The Morgan fingerprint density at radius 1 is 1.21 bits per heavy atom. The molecule has 0 spiro atoms. The van der Waals surface area contributed by atoms with Crippen molar-refractivity contribution in [2.45, 2.75) is 17.6 Å². The number of hydrogen-bond acceptors (Lipinski definition) is 8. The zero-order valence-electron chi connectivity index (χ0n) is 15.5. The fourth-order valence-corrected chi connectivity index (χ4v) is 3.80. The van der Waals surface area contributed by atoms with Gasteiger partial charge in [-0.15, -0.1) is 11.8 Å². The lowest BCUT2D eigenvalue weighted by atomic mass is 9.97. The van der Waals surface area contributed by atoms with E-state index in [-0.39, 0.29) is 17.5 Å². The van der Waals surface area contributed by atoms with Crippen LogP contribution < -0.4 is 10.5 Å². The van der Waals surface area contributed by atoms with Crippen LogP contribution in [-0.4, -0.2) is 43.8 Å². The molecule has 1 atom stereocenters. The highest BCUT2D eigenvalue weighted by Crippen LogP contribution is 2.37. The third-order valence-corrected chi connectivity index (χ3v) is 5.42. The number of ether oxygens (including phenoxy) is 3. The highest BCUT2D eigenvalue weighted by molar-refractivity contribution is 7.99. The molecule has 8 heteroatoms. The van der Waals surface area contributed by atoms with Crippen LogP contribution in [0.15, 0.2) is 29.3 Å². The fourth-order valence-electron chi connectivity index (χ4n) is 2.74. The number of nitriles is 2. The molecule has 1 saturated heterocycles. The Morgan fingerprint density at radius 2 is 1.93 bits per heavy atom. The molecule has 1 aliphatic rings. The summed E-state index contributed by atoms with van der Waals surface area (Å²) in [6.45, 7) is 1.70. The van der Waals surface area contributed by atoms with Crippen molar-refractivity contribution in [3.05, 3.63) is 35.4 Å². The second-order valence-electron chi connectivity index (χ2n) is 6.11. The predicted molar refractivity (Wildman–Crippen MR) is 106 cm³/mol. The van der Waals surface area contributed by atoms with Crippen LogP contribution in [0.2, 0.25) is 0 Å². The first kappa shape index (κ1) is 20.0. The quantitative estimate of drug-likeness (QED) is 0.535. The van der Waals surface area contributed by atoms with Crippen molar-refractivity contribution in [3.8, 4) is 29.0 Å². The Labute approximate surface area is 168 Å². The molecule has 0 saturated carbocycles. The molecule has 144 valence electrons.